The zero-order valence-corrected chi connectivity index (χ0v) is 7.37. The summed E-state index contributed by atoms with van der Waals surface area (Å²) in [6.07, 6.45) is 4.77. The van der Waals surface area contributed by atoms with E-state index in [0.29, 0.717) is 0 Å². The molecule has 0 atom stereocenters. The van der Waals surface area contributed by atoms with Crippen LogP contribution in [0.25, 0.3) is 0 Å². The second-order valence-electron chi connectivity index (χ2n) is 1.91. The van der Waals surface area contributed by atoms with Gasteiger partial charge < -0.3 is 4.74 Å². The Morgan fingerprint density at radius 1 is 1.67 bits per heavy atom. The molecule has 1 aromatic heterocycles. The number of ether oxygens (including phenoxy) is 1. The van der Waals surface area contributed by atoms with Crippen LogP contribution in [0.3, 0.4) is 0 Å². The standard InChI is InChI=1S/C7H8N2O2S/c1-11-7(10)5-12-6-4-8-2-3-9-6/h2-4H,5H2,1H3. The minimum Gasteiger partial charge on any atom is -0.468 e. The molecule has 0 bridgehead atoms. The van der Waals surface area contributed by atoms with Gasteiger partial charge in [0.05, 0.1) is 19.1 Å². The number of methoxy groups -OCH3 is 1. The Bertz CT molecular complexity index is 253. The van der Waals surface area contributed by atoms with Crippen LogP contribution in [0, 0.1) is 0 Å². The van der Waals surface area contributed by atoms with Crippen LogP contribution in [0.2, 0.25) is 0 Å². The molecule has 0 saturated carbocycles. The van der Waals surface area contributed by atoms with E-state index in [9.17, 15) is 4.79 Å². The van der Waals surface area contributed by atoms with E-state index in [2.05, 4.69) is 14.7 Å². The van der Waals surface area contributed by atoms with Gasteiger partial charge in [0.25, 0.3) is 0 Å². The topological polar surface area (TPSA) is 52.1 Å². The lowest BCUT2D eigenvalue weighted by Crippen LogP contribution is -2.03. The second-order valence-corrected chi connectivity index (χ2v) is 2.90. The minimum atomic E-state index is -0.259. The Morgan fingerprint density at radius 2 is 2.50 bits per heavy atom. The van der Waals surface area contributed by atoms with E-state index < -0.39 is 0 Å². The number of thioether (sulfide) groups is 1. The molecule has 0 aromatic carbocycles. The summed E-state index contributed by atoms with van der Waals surface area (Å²) in [4.78, 5) is 18.5. The molecular formula is C7H8N2O2S. The number of aromatic nitrogens is 2. The lowest BCUT2D eigenvalue weighted by molar-refractivity contribution is -0.137. The van der Waals surface area contributed by atoms with E-state index in [1.165, 1.54) is 18.9 Å². The average molecular weight is 184 g/mol. The number of esters is 1. The molecule has 0 radical (unpaired) electrons. The van der Waals surface area contributed by atoms with E-state index in [4.69, 9.17) is 0 Å². The van der Waals surface area contributed by atoms with Gasteiger partial charge in [-0.15, -0.1) is 0 Å². The monoisotopic (exact) mass is 184 g/mol. The first-order valence-corrected chi connectivity index (χ1v) is 4.27. The third-order valence-corrected chi connectivity index (χ3v) is 1.99. The highest BCUT2D eigenvalue weighted by Crippen LogP contribution is 2.12. The molecule has 0 fully saturated rings. The molecule has 12 heavy (non-hydrogen) atoms. The van der Waals surface area contributed by atoms with Crippen molar-refractivity contribution < 1.29 is 9.53 Å². The van der Waals surface area contributed by atoms with E-state index >= 15 is 0 Å². The quantitative estimate of drug-likeness (QED) is 0.512. The highest BCUT2D eigenvalue weighted by molar-refractivity contribution is 7.99. The van der Waals surface area contributed by atoms with Crippen molar-refractivity contribution >= 4 is 17.7 Å². The van der Waals surface area contributed by atoms with Gasteiger partial charge in [0, 0.05) is 12.4 Å². The van der Waals surface area contributed by atoms with Crippen LogP contribution in [0.4, 0.5) is 0 Å². The smallest absolute Gasteiger partial charge is 0.316 e. The fourth-order valence-corrected chi connectivity index (χ4v) is 1.21. The third kappa shape index (κ3) is 2.87. The summed E-state index contributed by atoms with van der Waals surface area (Å²) in [5, 5.41) is 0.725. The van der Waals surface area contributed by atoms with Crippen molar-refractivity contribution in [2.75, 3.05) is 12.9 Å². The summed E-state index contributed by atoms with van der Waals surface area (Å²) in [6, 6.07) is 0. The zero-order chi connectivity index (χ0) is 8.81. The van der Waals surface area contributed by atoms with Gasteiger partial charge in [0.15, 0.2) is 0 Å². The van der Waals surface area contributed by atoms with Gasteiger partial charge in [-0.3, -0.25) is 9.78 Å². The lowest BCUT2D eigenvalue weighted by Gasteiger charge is -1.97. The zero-order valence-electron chi connectivity index (χ0n) is 6.56. The molecule has 0 amide bonds. The molecule has 5 heteroatoms. The molecule has 0 N–H and O–H groups in total. The van der Waals surface area contributed by atoms with Gasteiger partial charge in [0.2, 0.25) is 0 Å². The van der Waals surface area contributed by atoms with E-state index in [-0.39, 0.29) is 11.7 Å². The molecule has 4 nitrogen and oxygen atoms in total. The molecule has 64 valence electrons. The predicted molar refractivity (Wildman–Crippen MR) is 44.8 cm³/mol. The Hall–Kier alpha value is -1.10. The van der Waals surface area contributed by atoms with Gasteiger partial charge in [-0.05, 0) is 0 Å². The Morgan fingerprint density at radius 3 is 3.08 bits per heavy atom. The Kier molecular flexibility index (Phi) is 3.53. The van der Waals surface area contributed by atoms with Gasteiger partial charge in [-0.25, -0.2) is 4.98 Å². The fourth-order valence-electron chi connectivity index (χ4n) is 0.552. The molecule has 0 saturated heterocycles. The summed E-state index contributed by atoms with van der Waals surface area (Å²) >= 11 is 1.30. The second kappa shape index (κ2) is 4.71. The summed E-state index contributed by atoms with van der Waals surface area (Å²) in [7, 11) is 1.36. The van der Waals surface area contributed by atoms with Gasteiger partial charge in [-0.2, -0.15) is 0 Å². The van der Waals surface area contributed by atoms with Crippen LogP contribution in [0.15, 0.2) is 23.6 Å². The molecule has 1 aromatic rings. The molecule has 0 unspecified atom stereocenters. The van der Waals surface area contributed by atoms with E-state index in [1.807, 2.05) is 0 Å². The highest BCUT2D eigenvalue weighted by atomic mass is 32.2. The Labute approximate surface area is 74.4 Å². The third-order valence-electron chi connectivity index (χ3n) is 1.11. The van der Waals surface area contributed by atoms with Crippen LogP contribution >= 0.6 is 11.8 Å². The van der Waals surface area contributed by atoms with Crippen LogP contribution in [0.1, 0.15) is 0 Å². The van der Waals surface area contributed by atoms with Crippen molar-refractivity contribution in [1.82, 2.24) is 9.97 Å². The van der Waals surface area contributed by atoms with Crippen molar-refractivity contribution in [2.24, 2.45) is 0 Å². The molecule has 0 spiro atoms. The molecule has 0 aliphatic heterocycles. The van der Waals surface area contributed by atoms with Gasteiger partial charge in [0.1, 0.15) is 5.03 Å². The summed E-state index contributed by atoms with van der Waals surface area (Å²) < 4.78 is 4.46. The van der Waals surface area contributed by atoms with E-state index in [1.54, 1.807) is 18.6 Å². The van der Waals surface area contributed by atoms with Gasteiger partial charge in [-0.1, -0.05) is 11.8 Å². The number of nitrogens with zero attached hydrogens (tertiary/aromatic N) is 2. The van der Waals surface area contributed by atoms with Crippen LogP contribution < -0.4 is 0 Å². The maximum atomic E-state index is 10.7. The van der Waals surface area contributed by atoms with Crippen molar-refractivity contribution in [1.29, 1.82) is 0 Å². The van der Waals surface area contributed by atoms with Crippen molar-refractivity contribution in [3.8, 4) is 0 Å². The van der Waals surface area contributed by atoms with E-state index in [0.717, 1.165) is 5.03 Å². The number of hydrogen-bond acceptors (Lipinski definition) is 5. The normalized spacial score (nSPS) is 9.42. The van der Waals surface area contributed by atoms with Gasteiger partial charge >= 0.3 is 5.97 Å². The van der Waals surface area contributed by atoms with Crippen molar-refractivity contribution in [2.45, 2.75) is 5.03 Å². The largest absolute Gasteiger partial charge is 0.468 e. The minimum absolute atomic E-state index is 0.259. The highest BCUT2D eigenvalue weighted by Gasteiger charge is 2.01. The SMILES string of the molecule is COC(=O)CSc1cnccn1. The number of carbonyl (C=O) groups is 1. The van der Waals surface area contributed by atoms with Crippen LogP contribution in [-0.2, 0) is 9.53 Å². The number of rotatable bonds is 3. The summed E-state index contributed by atoms with van der Waals surface area (Å²) in [5.74, 6) is 0.0144. The molecule has 0 aliphatic rings. The Balaban J connectivity index is 2.38. The molecule has 0 aliphatic carbocycles. The molecular weight excluding hydrogens is 176 g/mol. The summed E-state index contributed by atoms with van der Waals surface area (Å²) in [5.41, 5.74) is 0. The predicted octanol–water partition coefficient (Wildman–Crippen LogP) is 0.742. The first kappa shape index (κ1) is 8.99. The van der Waals surface area contributed by atoms with Crippen LogP contribution in [0.5, 0.6) is 0 Å². The molecule has 1 rings (SSSR count). The summed E-state index contributed by atoms with van der Waals surface area (Å²) in [6.45, 7) is 0. The maximum Gasteiger partial charge on any atom is 0.316 e. The van der Waals surface area contributed by atoms with Crippen molar-refractivity contribution in [3.05, 3.63) is 18.6 Å². The first-order chi connectivity index (χ1) is 5.83. The first-order valence-electron chi connectivity index (χ1n) is 3.28. The van der Waals surface area contributed by atoms with Crippen molar-refractivity contribution in [3.63, 3.8) is 0 Å². The fraction of sp³-hybridized carbons (Fsp3) is 0.286. The maximum absolute atomic E-state index is 10.7. The average Bonchev–Trinajstić information content (AvgIpc) is 2.16. The molecule has 1 heterocycles. The lowest BCUT2D eigenvalue weighted by atomic mass is 10.8. The number of carbonyl (C=O) groups excluding carboxylic acids is 1. The number of hydrogen-bond donors (Lipinski definition) is 0. The van der Waals surface area contributed by atoms with Crippen LogP contribution in [-0.4, -0.2) is 28.8 Å².